The van der Waals surface area contributed by atoms with Gasteiger partial charge in [-0.25, -0.2) is 22.9 Å². The van der Waals surface area contributed by atoms with Gasteiger partial charge in [-0.1, -0.05) is 0 Å². The molecule has 5 rings (SSSR count). The third-order valence-corrected chi connectivity index (χ3v) is 6.05. The smallest absolute Gasteiger partial charge is 0.449 e. The van der Waals surface area contributed by atoms with Crippen molar-refractivity contribution in [2.75, 3.05) is 18.0 Å². The SMILES string of the molecule is O=C(O)Oc1cn(-c2c(F)cc(F)cc2F)c2nc(N3CC(O)C4(CC4)C3)ccc2c1=O. The fraction of sp³-hybridized carbons (Fsp3) is 0.286. The number of halogens is 3. The fourth-order valence-electron chi connectivity index (χ4n) is 4.23. The molecule has 2 aliphatic rings. The quantitative estimate of drug-likeness (QED) is 0.595. The van der Waals surface area contributed by atoms with Crippen molar-refractivity contribution in [3.05, 3.63) is 58.1 Å². The number of carbonyl (C=O) groups is 1. The van der Waals surface area contributed by atoms with Gasteiger partial charge in [0.25, 0.3) is 0 Å². The Labute approximate surface area is 178 Å². The minimum atomic E-state index is -1.79. The fourth-order valence-corrected chi connectivity index (χ4v) is 4.23. The van der Waals surface area contributed by atoms with Gasteiger partial charge in [-0.2, -0.15) is 0 Å². The largest absolute Gasteiger partial charge is 0.511 e. The summed E-state index contributed by atoms with van der Waals surface area (Å²) in [5.74, 6) is -4.05. The average Bonchev–Trinajstić information content (AvgIpc) is 3.42. The Balaban J connectivity index is 1.74. The normalized spacial score (nSPS) is 19.0. The van der Waals surface area contributed by atoms with E-state index < -0.39 is 46.6 Å². The first kappa shape index (κ1) is 20.3. The molecule has 8 nitrogen and oxygen atoms in total. The number of benzene rings is 1. The standard InChI is InChI=1S/C21H16F3N3O5/c22-10-5-12(23)17(13(24)6-10)27-7-14(32-20(30)31)18(29)11-1-2-16(25-19(11)27)26-8-15(28)21(9-26)3-4-21/h1-2,5-7,15,28H,3-4,8-9H2,(H,30,31). The minimum Gasteiger partial charge on any atom is -0.449 e. The number of anilines is 1. The monoisotopic (exact) mass is 447 g/mol. The van der Waals surface area contributed by atoms with Gasteiger partial charge < -0.3 is 19.8 Å². The zero-order valence-corrected chi connectivity index (χ0v) is 16.4. The van der Waals surface area contributed by atoms with Crippen molar-refractivity contribution in [3.8, 4) is 11.4 Å². The first-order chi connectivity index (χ1) is 15.2. The van der Waals surface area contributed by atoms with Crippen molar-refractivity contribution < 1.29 is 32.9 Å². The van der Waals surface area contributed by atoms with Crippen LogP contribution in [0, 0.1) is 22.9 Å². The van der Waals surface area contributed by atoms with Crippen molar-refractivity contribution in [3.63, 3.8) is 0 Å². The van der Waals surface area contributed by atoms with E-state index in [4.69, 9.17) is 5.11 Å². The number of β-amino-alcohol motifs (C(OH)–C–C–N with tert-alkyl or cyclic N) is 1. The van der Waals surface area contributed by atoms with E-state index >= 15 is 0 Å². The van der Waals surface area contributed by atoms with Crippen molar-refractivity contribution in [1.82, 2.24) is 9.55 Å². The van der Waals surface area contributed by atoms with E-state index in [2.05, 4.69) is 9.72 Å². The van der Waals surface area contributed by atoms with Crippen LogP contribution in [0.5, 0.6) is 5.75 Å². The highest BCUT2D eigenvalue weighted by Crippen LogP contribution is 2.53. The summed E-state index contributed by atoms with van der Waals surface area (Å²) < 4.78 is 47.9. The Bertz CT molecular complexity index is 1320. The second-order valence-electron chi connectivity index (χ2n) is 8.08. The van der Waals surface area contributed by atoms with Gasteiger partial charge in [0.1, 0.15) is 17.3 Å². The van der Waals surface area contributed by atoms with E-state index in [9.17, 15) is 27.9 Å². The second kappa shape index (κ2) is 6.95. The maximum Gasteiger partial charge on any atom is 0.511 e. The predicted octanol–water partition coefficient (Wildman–Crippen LogP) is 2.82. The van der Waals surface area contributed by atoms with Crippen molar-refractivity contribution in [2.24, 2.45) is 5.41 Å². The summed E-state index contributed by atoms with van der Waals surface area (Å²) in [4.78, 5) is 29.9. The van der Waals surface area contributed by atoms with E-state index in [-0.39, 0.29) is 16.4 Å². The molecule has 1 aromatic carbocycles. The molecule has 3 heterocycles. The van der Waals surface area contributed by atoms with Gasteiger partial charge in [0.05, 0.1) is 17.7 Å². The lowest BCUT2D eigenvalue weighted by Crippen LogP contribution is -2.23. The second-order valence-corrected chi connectivity index (χ2v) is 8.08. The van der Waals surface area contributed by atoms with Crippen molar-refractivity contribution >= 4 is 23.0 Å². The first-order valence-electron chi connectivity index (χ1n) is 9.74. The van der Waals surface area contributed by atoms with Crippen molar-refractivity contribution in [2.45, 2.75) is 18.9 Å². The molecule has 2 fully saturated rings. The summed E-state index contributed by atoms with van der Waals surface area (Å²) >= 11 is 0. The summed E-state index contributed by atoms with van der Waals surface area (Å²) in [5.41, 5.74) is -1.97. The summed E-state index contributed by atoms with van der Waals surface area (Å²) in [6.45, 7) is 0.846. The van der Waals surface area contributed by atoms with Crippen LogP contribution in [0.3, 0.4) is 0 Å². The van der Waals surface area contributed by atoms with E-state index in [1.54, 1.807) is 0 Å². The van der Waals surface area contributed by atoms with E-state index in [0.717, 1.165) is 23.6 Å². The molecule has 11 heteroatoms. The average molecular weight is 447 g/mol. The van der Waals surface area contributed by atoms with Gasteiger partial charge in [-0.3, -0.25) is 9.36 Å². The van der Waals surface area contributed by atoms with Gasteiger partial charge in [-0.05, 0) is 25.0 Å². The van der Waals surface area contributed by atoms with Crippen molar-refractivity contribution in [1.29, 1.82) is 0 Å². The Morgan fingerprint density at radius 3 is 2.47 bits per heavy atom. The summed E-state index contributed by atoms with van der Waals surface area (Å²) in [6.07, 6.45) is 0.227. The van der Waals surface area contributed by atoms with Gasteiger partial charge in [0.2, 0.25) is 5.43 Å². The molecule has 1 saturated heterocycles. The Morgan fingerprint density at radius 2 is 1.88 bits per heavy atom. The maximum atomic E-state index is 14.6. The van der Waals surface area contributed by atoms with Crippen LogP contribution in [-0.4, -0.2) is 45.1 Å². The molecule has 1 aliphatic heterocycles. The number of pyridine rings is 2. The molecule has 3 aromatic rings. The number of hydrogen-bond donors (Lipinski definition) is 2. The summed E-state index contributed by atoms with van der Waals surface area (Å²) in [7, 11) is 0. The van der Waals surface area contributed by atoms with Gasteiger partial charge >= 0.3 is 6.16 Å². The molecule has 2 N–H and O–H groups in total. The molecule has 32 heavy (non-hydrogen) atoms. The molecule has 1 saturated carbocycles. The number of aromatic nitrogens is 2. The Morgan fingerprint density at radius 1 is 1.19 bits per heavy atom. The van der Waals surface area contributed by atoms with Gasteiger partial charge in [0.15, 0.2) is 23.0 Å². The number of aliphatic hydroxyl groups excluding tert-OH is 1. The summed E-state index contributed by atoms with van der Waals surface area (Å²) in [5, 5.41) is 19.1. The number of carboxylic acid groups (broad SMARTS) is 1. The maximum absolute atomic E-state index is 14.6. The molecule has 0 radical (unpaired) electrons. The lowest BCUT2D eigenvalue weighted by molar-refractivity contribution is 0.136. The van der Waals surface area contributed by atoms with Gasteiger partial charge in [0, 0.05) is 30.6 Å². The zero-order chi connectivity index (χ0) is 22.8. The molecule has 166 valence electrons. The third kappa shape index (κ3) is 3.16. The lowest BCUT2D eigenvalue weighted by atomic mass is 10.0. The number of rotatable bonds is 3. The molecule has 1 atom stereocenters. The van der Waals surface area contributed by atoms with Gasteiger partial charge in [-0.15, -0.1) is 0 Å². The number of ether oxygens (including phenoxy) is 1. The Hall–Kier alpha value is -3.60. The highest BCUT2D eigenvalue weighted by Gasteiger charge is 2.54. The van der Waals surface area contributed by atoms with Crippen LogP contribution >= 0.6 is 0 Å². The third-order valence-electron chi connectivity index (χ3n) is 6.05. The van der Waals surface area contributed by atoms with Crippen LogP contribution in [0.15, 0.2) is 35.3 Å². The van der Waals surface area contributed by atoms with Crippen LogP contribution in [0.4, 0.5) is 23.8 Å². The van der Waals surface area contributed by atoms with Crippen LogP contribution in [0.2, 0.25) is 0 Å². The molecule has 0 amide bonds. The summed E-state index contributed by atoms with van der Waals surface area (Å²) in [6, 6.07) is 3.76. The topological polar surface area (TPSA) is 105 Å². The number of nitrogens with zero attached hydrogens (tertiary/aromatic N) is 3. The highest BCUT2D eigenvalue weighted by molar-refractivity contribution is 5.81. The van der Waals surface area contributed by atoms with E-state index in [1.165, 1.54) is 12.1 Å². The number of fused-ring (bicyclic) bond motifs is 1. The highest BCUT2D eigenvalue weighted by atomic mass is 19.1. The molecule has 1 unspecified atom stereocenters. The van der Waals surface area contributed by atoms with E-state index in [0.29, 0.717) is 31.0 Å². The number of hydrogen-bond acceptors (Lipinski definition) is 6. The molecule has 1 spiro atoms. The molecule has 2 aromatic heterocycles. The predicted molar refractivity (Wildman–Crippen MR) is 106 cm³/mol. The van der Waals surface area contributed by atoms with E-state index in [1.807, 2.05) is 4.90 Å². The molecular formula is C21H16F3N3O5. The lowest BCUT2D eigenvalue weighted by Gasteiger charge is -2.19. The molecule has 1 aliphatic carbocycles. The van der Waals surface area contributed by atoms with Crippen LogP contribution in [0.25, 0.3) is 16.7 Å². The first-order valence-corrected chi connectivity index (χ1v) is 9.74. The Kier molecular flexibility index (Phi) is 4.41. The van der Waals surface area contributed by atoms with Crippen LogP contribution in [0.1, 0.15) is 12.8 Å². The molecule has 0 bridgehead atoms. The number of aliphatic hydroxyl groups is 1. The minimum absolute atomic E-state index is 0.156. The van der Waals surface area contributed by atoms with Crippen LogP contribution in [-0.2, 0) is 0 Å². The zero-order valence-electron chi connectivity index (χ0n) is 16.4. The van der Waals surface area contributed by atoms with Crippen LogP contribution < -0.4 is 15.1 Å². The molecular weight excluding hydrogens is 431 g/mol.